The van der Waals surface area contributed by atoms with Crippen LogP contribution < -0.4 is 10.6 Å². The quantitative estimate of drug-likeness (QED) is 0.588. The Bertz CT molecular complexity index is 391. The van der Waals surface area contributed by atoms with Crippen LogP contribution in [-0.4, -0.2) is 24.7 Å². The third-order valence-electron chi connectivity index (χ3n) is 2.80. The second-order valence-corrected chi connectivity index (χ2v) is 4.21. The highest BCUT2D eigenvalue weighted by Crippen LogP contribution is 2.21. The molecule has 0 amide bonds. The van der Waals surface area contributed by atoms with Crippen molar-refractivity contribution in [3.05, 3.63) is 23.8 Å². The molecule has 0 spiro atoms. The fourth-order valence-corrected chi connectivity index (χ4v) is 1.71. The van der Waals surface area contributed by atoms with Gasteiger partial charge in [0.1, 0.15) is 0 Å². The zero-order chi connectivity index (χ0) is 12.8. The van der Waals surface area contributed by atoms with Crippen molar-refractivity contribution in [3.8, 4) is 0 Å². The van der Waals surface area contributed by atoms with Crippen molar-refractivity contribution in [2.45, 2.75) is 26.2 Å². The second-order valence-electron chi connectivity index (χ2n) is 4.21. The van der Waals surface area contributed by atoms with Crippen molar-refractivity contribution >= 4 is 17.3 Å². The van der Waals surface area contributed by atoms with Gasteiger partial charge in [0.25, 0.3) is 0 Å². The van der Waals surface area contributed by atoms with Crippen molar-refractivity contribution in [1.29, 1.82) is 0 Å². The van der Waals surface area contributed by atoms with Crippen molar-refractivity contribution in [1.82, 2.24) is 0 Å². The molecule has 3 N–H and O–H groups in total. The van der Waals surface area contributed by atoms with E-state index in [1.54, 1.807) is 18.2 Å². The monoisotopic (exact) mass is 236 g/mol. The lowest BCUT2D eigenvalue weighted by atomic mass is 10.1. The highest BCUT2D eigenvalue weighted by atomic mass is 16.4. The number of unbranched alkanes of at least 4 members (excludes halogenated alkanes) is 2. The SMILES string of the molecule is CCCCCN(C)c1ccc(C(=O)O)c(N)c1. The molecular formula is C13H20N2O2. The van der Waals surface area contributed by atoms with Gasteiger partial charge in [0, 0.05) is 25.0 Å². The van der Waals surface area contributed by atoms with E-state index < -0.39 is 5.97 Å². The number of nitrogens with two attached hydrogens (primary N) is 1. The minimum absolute atomic E-state index is 0.163. The van der Waals surface area contributed by atoms with Gasteiger partial charge in [-0.3, -0.25) is 0 Å². The molecule has 1 aromatic carbocycles. The van der Waals surface area contributed by atoms with Crippen LogP contribution in [0.4, 0.5) is 11.4 Å². The Labute approximate surface area is 102 Å². The van der Waals surface area contributed by atoms with Gasteiger partial charge in [-0.15, -0.1) is 0 Å². The molecular weight excluding hydrogens is 216 g/mol. The maximum atomic E-state index is 10.8. The number of benzene rings is 1. The van der Waals surface area contributed by atoms with Gasteiger partial charge < -0.3 is 15.7 Å². The molecule has 0 heterocycles. The number of rotatable bonds is 6. The zero-order valence-electron chi connectivity index (χ0n) is 10.4. The van der Waals surface area contributed by atoms with E-state index in [9.17, 15) is 4.79 Å². The van der Waals surface area contributed by atoms with Gasteiger partial charge in [-0.2, -0.15) is 0 Å². The minimum Gasteiger partial charge on any atom is -0.478 e. The lowest BCUT2D eigenvalue weighted by Gasteiger charge is -2.20. The lowest BCUT2D eigenvalue weighted by Crippen LogP contribution is -2.18. The van der Waals surface area contributed by atoms with Crippen LogP contribution in [0.2, 0.25) is 0 Å². The molecule has 1 rings (SSSR count). The highest BCUT2D eigenvalue weighted by molar-refractivity contribution is 5.94. The van der Waals surface area contributed by atoms with E-state index >= 15 is 0 Å². The number of nitrogen functional groups attached to an aromatic ring is 1. The van der Waals surface area contributed by atoms with Gasteiger partial charge in [0.15, 0.2) is 0 Å². The zero-order valence-corrected chi connectivity index (χ0v) is 10.4. The van der Waals surface area contributed by atoms with Gasteiger partial charge >= 0.3 is 5.97 Å². The Morgan fingerprint density at radius 1 is 1.41 bits per heavy atom. The van der Waals surface area contributed by atoms with E-state index in [4.69, 9.17) is 10.8 Å². The predicted molar refractivity (Wildman–Crippen MR) is 70.6 cm³/mol. The molecule has 0 unspecified atom stereocenters. The van der Waals surface area contributed by atoms with Crippen LogP contribution in [0, 0.1) is 0 Å². The largest absolute Gasteiger partial charge is 0.478 e. The van der Waals surface area contributed by atoms with Crippen LogP contribution in [0.3, 0.4) is 0 Å². The number of aromatic carboxylic acids is 1. The third kappa shape index (κ3) is 3.66. The first-order chi connectivity index (χ1) is 8.06. The van der Waals surface area contributed by atoms with Crippen molar-refractivity contribution in [2.75, 3.05) is 24.2 Å². The predicted octanol–water partition coefficient (Wildman–Crippen LogP) is 2.59. The molecule has 0 aromatic heterocycles. The van der Waals surface area contributed by atoms with Crippen molar-refractivity contribution in [2.24, 2.45) is 0 Å². The maximum Gasteiger partial charge on any atom is 0.337 e. The Hall–Kier alpha value is -1.71. The summed E-state index contributed by atoms with van der Waals surface area (Å²) in [6.07, 6.45) is 3.52. The summed E-state index contributed by atoms with van der Waals surface area (Å²) in [7, 11) is 1.99. The molecule has 0 bridgehead atoms. The van der Waals surface area contributed by atoms with Crippen molar-refractivity contribution < 1.29 is 9.90 Å². The first kappa shape index (κ1) is 13.4. The van der Waals surface area contributed by atoms with Crippen LogP contribution in [0.1, 0.15) is 36.5 Å². The van der Waals surface area contributed by atoms with Crippen LogP contribution in [0.15, 0.2) is 18.2 Å². The fraction of sp³-hybridized carbons (Fsp3) is 0.462. The average Bonchev–Trinajstić information content (AvgIpc) is 2.28. The number of anilines is 2. The topological polar surface area (TPSA) is 66.6 Å². The number of carboxylic acid groups (broad SMARTS) is 1. The average molecular weight is 236 g/mol. The Balaban J connectivity index is 2.72. The molecule has 0 atom stereocenters. The molecule has 17 heavy (non-hydrogen) atoms. The van der Waals surface area contributed by atoms with Gasteiger partial charge in [0.05, 0.1) is 5.56 Å². The maximum absolute atomic E-state index is 10.8. The molecule has 0 aliphatic carbocycles. The standard InChI is InChI=1S/C13H20N2O2/c1-3-4-5-8-15(2)10-6-7-11(13(16)17)12(14)9-10/h6-7,9H,3-5,8,14H2,1-2H3,(H,16,17). The molecule has 4 nitrogen and oxygen atoms in total. The second kappa shape index (κ2) is 6.13. The van der Waals surface area contributed by atoms with E-state index in [1.165, 1.54) is 12.8 Å². The Morgan fingerprint density at radius 2 is 2.12 bits per heavy atom. The molecule has 4 heteroatoms. The molecule has 94 valence electrons. The van der Waals surface area contributed by atoms with Crippen LogP contribution in [0.5, 0.6) is 0 Å². The van der Waals surface area contributed by atoms with Gasteiger partial charge in [0.2, 0.25) is 0 Å². The minimum atomic E-state index is -0.984. The number of nitrogens with zero attached hydrogens (tertiary/aromatic N) is 1. The molecule has 0 saturated heterocycles. The summed E-state index contributed by atoms with van der Waals surface area (Å²) >= 11 is 0. The van der Waals surface area contributed by atoms with Gasteiger partial charge in [-0.1, -0.05) is 19.8 Å². The first-order valence-corrected chi connectivity index (χ1v) is 5.90. The normalized spacial score (nSPS) is 10.2. The number of hydrogen-bond donors (Lipinski definition) is 2. The molecule has 0 aliphatic heterocycles. The molecule has 1 aromatic rings. The third-order valence-corrected chi connectivity index (χ3v) is 2.80. The smallest absolute Gasteiger partial charge is 0.337 e. The Kier molecular flexibility index (Phi) is 4.82. The summed E-state index contributed by atoms with van der Waals surface area (Å²) in [4.78, 5) is 12.9. The summed E-state index contributed by atoms with van der Waals surface area (Å²) in [5.74, 6) is -0.984. The molecule has 0 aliphatic rings. The van der Waals surface area contributed by atoms with E-state index in [1.807, 2.05) is 7.05 Å². The molecule has 0 fully saturated rings. The van der Waals surface area contributed by atoms with Gasteiger partial charge in [-0.05, 0) is 24.6 Å². The summed E-state index contributed by atoms with van der Waals surface area (Å²) in [5.41, 5.74) is 7.15. The number of hydrogen-bond acceptors (Lipinski definition) is 3. The van der Waals surface area contributed by atoms with Gasteiger partial charge in [-0.25, -0.2) is 4.79 Å². The number of carbonyl (C=O) groups is 1. The molecule has 0 radical (unpaired) electrons. The van der Waals surface area contributed by atoms with Crippen LogP contribution in [0.25, 0.3) is 0 Å². The fourth-order valence-electron chi connectivity index (χ4n) is 1.71. The summed E-state index contributed by atoms with van der Waals surface area (Å²) < 4.78 is 0. The lowest BCUT2D eigenvalue weighted by molar-refractivity contribution is 0.0698. The summed E-state index contributed by atoms with van der Waals surface area (Å²) in [5, 5.41) is 8.87. The van der Waals surface area contributed by atoms with E-state index in [0.29, 0.717) is 5.69 Å². The Morgan fingerprint density at radius 3 is 2.65 bits per heavy atom. The van der Waals surface area contributed by atoms with Crippen LogP contribution >= 0.6 is 0 Å². The summed E-state index contributed by atoms with van der Waals surface area (Å²) in [6.45, 7) is 3.12. The molecule has 0 saturated carbocycles. The van der Waals surface area contributed by atoms with E-state index in [-0.39, 0.29) is 5.56 Å². The first-order valence-electron chi connectivity index (χ1n) is 5.90. The van der Waals surface area contributed by atoms with Crippen molar-refractivity contribution in [3.63, 3.8) is 0 Å². The van der Waals surface area contributed by atoms with E-state index in [0.717, 1.165) is 18.7 Å². The number of carboxylic acids is 1. The summed E-state index contributed by atoms with van der Waals surface area (Å²) in [6, 6.07) is 5.07. The highest BCUT2D eigenvalue weighted by Gasteiger charge is 2.09. The van der Waals surface area contributed by atoms with E-state index in [2.05, 4.69) is 11.8 Å². The van der Waals surface area contributed by atoms with Crippen LogP contribution in [-0.2, 0) is 0 Å².